The maximum absolute atomic E-state index is 12.7. The zero-order chi connectivity index (χ0) is 29.9. The van der Waals surface area contributed by atoms with Crippen molar-refractivity contribution in [3.05, 3.63) is 29.8 Å². The van der Waals surface area contributed by atoms with E-state index in [4.69, 9.17) is 29.6 Å². The van der Waals surface area contributed by atoms with Gasteiger partial charge >= 0.3 is 19.8 Å². The first-order chi connectivity index (χ1) is 19.7. The molecule has 1 aliphatic rings. The number of unbranched alkanes of at least 4 members (excludes halogenated alkanes) is 8. The summed E-state index contributed by atoms with van der Waals surface area (Å²) in [6, 6.07) is 6.21. The molecule has 0 radical (unpaired) electrons. The number of nitrogens with two attached hydrogens (primary N) is 1. The molecule has 4 atom stereocenters. The van der Waals surface area contributed by atoms with Gasteiger partial charge in [-0.1, -0.05) is 76.5 Å². The van der Waals surface area contributed by atoms with Crippen molar-refractivity contribution in [3.8, 4) is 5.75 Å². The lowest BCUT2D eigenvalue weighted by Crippen LogP contribution is -2.40. The number of carboxylic acid groups (broad SMARTS) is 1. The van der Waals surface area contributed by atoms with Crippen LogP contribution < -0.4 is 10.5 Å². The van der Waals surface area contributed by atoms with Crippen LogP contribution in [0.4, 0.5) is 0 Å². The molecule has 0 bridgehead atoms. The van der Waals surface area contributed by atoms with Gasteiger partial charge in [-0.15, -0.1) is 0 Å². The van der Waals surface area contributed by atoms with Crippen LogP contribution in [0.15, 0.2) is 24.3 Å². The summed E-state index contributed by atoms with van der Waals surface area (Å²) in [5.41, 5.74) is 6.21. The third-order valence-corrected chi connectivity index (χ3v) is 7.83. The number of esters is 1. The third kappa shape index (κ3) is 15.2. The Morgan fingerprint density at radius 3 is 2.46 bits per heavy atom. The number of aryl methyl sites for hydroxylation is 1. The molecule has 1 unspecified atom stereocenters. The van der Waals surface area contributed by atoms with Crippen molar-refractivity contribution in [2.45, 2.75) is 109 Å². The number of carbonyl (C=O) groups is 2. The molecule has 12 heteroatoms. The first-order valence-corrected chi connectivity index (χ1v) is 16.3. The predicted octanol–water partition coefficient (Wildman–Crippen LogP) is 5.17. The number of para-hydroxylation sites is 1. The van der Waals surface area contributed by atoms with E-state index in [1.807, 2.05) is 24.3 Å². The third-order valence-electron chi connectivity index (χ3n) is 6.88. The first kappa shape index (κ1) is 35.2. The molecule has 41 heavy (non-hydrogen) atoms. The number of carboxylic acids is 1. The van der Waals surface area contributed by atoms with Gasteiger partial charge in [0.1, 0.15) is 24.0 Å². The van der Waals surface area contributed by atoms with Gasteiger partial charge in [0.05, 0.1) is 19.8 Å². The van der Waals surface area contributed by atoms with E-state index >= 15 is 0 Å². The number of rotatable bonds is 22. The van der Waals surface area contributed by atoms with E-state index in [0.29, 0.717) is 32.5 Å². The molecule has 0 amide bonds. The number of carbonyl (C=O) groups excluding carboxylic acids is 1. The monoisotopic (exact) mass is 601 g/mol. The van der Waals surface area contributed by atoms with Gasteiger partial charge in [0, 0.05) is 13.0 Å². The largest absolute Gasteiger partial charge is 0.493 e. The number of benzene rings is 1. The van der Waals surface area contributed by atoms with Crippen molar-refractivity contribution in [2.75, 3.05) is 26.4 Å². The molecule has 2 rings (SSSR count). The molecular weight excluding hydrogens is 553 g/mol. The molecule has 1 heterocycles. The van der Waals surface area contributed by atoms with Crippen LogP contribution >= 0.6 is 7.82 Å². The summed E-state index contributed by atoms with van der Waals surface area (Å²) in [5, 5.41) is 8.77. The van der Waals surface area contributed by atoms with E-state index in [1.165, 1.54) is 44.9 Å². The summed E-state index contributed by atoms with van der Waals surface area (Å²) in [6.07, 6.45) is 11.5. The van der Waals surface area contributed by atoms with Gasteiger partial charge in [-0.05, 0) is 37.3 Å². The van der Waals surface area contributed by atoms with Gasteiger partial charge in [-0.3, -0.25) is 18.6 Å². The lowest BCUT2D eigenvalue weighted by atomic mass is 10.1. The van der Waals surface area contributed by atoms with E-state index in [1.54, 1.807) is 0 Å². The van der Waals surface area contributed by atoms with E-state index in [2.05, 4.69) is 11.4 Å². The van der Waals surface area contributed by atoms with Crippen LogP contribution in [0.3, 0.4) is 0 Å². The standard InChI is InChI=1S/C29H48NO10P/c1-2-3-4-5-6-7-8-9-12-19-36-25-15-11-10-14-23(25)17-18-28(31)40-26-16-13-20-37-27(26)22-39-41(34,35)38-21-24(30)29(32)33/h10-11,14-15,24,26-27H,2-9,12-13,16-22,30H2,1H3,(H,32,33)(H,34,35)/t24-,26-,27+/m0/s1. The van der Waals surface area contributed by atoms with Crippen molar-refractivity contribution in [1.82, 2.24) is 0 Å². The van der Waals surface area contributed by atoms with Gasteiger partial charge < -0.3 is 29.9 Å². The summed E-state index contributed by atoms with van der Waals surface area (Å²) in [4.78, 5) is 33.2. The average Bonchev–Trinajstić information content (AvgIpc) is 2.96. The summed E-state index contributed by atoms with van der Waals surface area (Å²) in [6.45, 7) is 2.18. The summed E-state index contributed by atoms with van der Waals surface area (Å²) in [7, 11) is -4.57. The second kappa shape index (κ2) is 20.0. The summed E-state index contributed by atoms with van der Waals surface area (Å²) >= 11 is 0. The zero-order valence-electron chi connectivity index (χ0n) is 24.2. The van der Waals surface area contributed by atoms with Gasteiger partial charge in [-0.2, -0.15) is 0 Å². The molecule has 0 aliphatic carbocycles. The normalized spacial score (nSPS) is 19.3. The second-order valence-electron chi connectivity index (χ2n) is 10.4. The molecule has 0 spiro atoms. The van der Waals surface area contributed by atoms with Crippen molar-refractivity contribution in [3.63, 3.8) is 0 Å². The van der Waals surface area contributed by atoms with Crippen molar-refractivity contribution >= 4 is 19.8 Å². The van der Waals surface area contributed by atoms with Crippen LogP contribution in [-0.2, 0) is 39.1 Å². The molecule has 0 aromatic heterocycles. The Labute approximate surface area is 243 Å². The Balaban J connectivity index is 1.72. The number of ether oxygens (including phenoxy) is 3. The van der Waals surface area contributed by atoms with Crippen molar-refractivity contribution in [2.24, 2.45) is 5.73 Å². The number of hydrogen-bond acceptors (Lipinski definition) is 9. The Morgan fingerprint density at radius 2 is 1.76 bits per heavy atom. The minimum absolute atomic E-state index is 0.136. The molecule has 234 valence electrons. The highest BCUT2D eigenvalue weighted by Crippen LogP contribution is 2.43. The van der Waals surface area contributed by atoms with Crippen LogP contribution in [0.5, 0.6) is 5.75 Å². The molecule has 0 saturated carbocycles. The van der Waals surface area contributed by atoms with Crippen LogP contribution in [0.1, 0.15) is 89.5 Å². The molecule has 1 aliphatic heterocycles. The number of phosphoric acid groups is 1. The lowest BCUT2D eigenvalue weighted by molar-refractivity contribution is -0.166. The lowest BCUT2D eigenvalue weighted by Gasteiger charge is -2.31. The summed E-state index contributed by atoms with van der Waals surface area (Å²) in [5.74, 6) is -1.02. The van der Waals surface area contributed by atoms with E-state index in [-0.39, 0.29) is 13.0 Å². The SMILES string of the molecule is CCCCCCCCCCCOc1ccccc1CCC(=O)O[C@H]1CCCO[C@@H]1COP(=O)(O)OC[C@H](N)C(=O)O. The van der Waals surface area contributed by atoms with Crippen LogP contribution in [-0.4, -0.2) is 66.6 Å². The Hall–Kier alpha value is -2.01. The number of phosphoric ester groups is 1. The van der Waals surface area contributed by atoms with Crippen LogP contribution in [0.2, 0.25) is 0 Å². The molecule has 1 fully saturated rings. The fourth-order valence-corrected chi connectivity index (χ4v) is 5.22. The van der Waals surface area contributed by atoms with E-state index in [0.717, 1.165) is 24.2 Å². The smallest absolute Gasteiger partial charge is 0.472 e. The molecule has 11 nitrogen and oxygen atoms in total. The minimum atomic E-state index is -4.57. The molecule has 1 aromatic carbocycles. The zero-order valence-corrected chi connectivity index (χ0v) is 25.1. The van der Waals surface area contributed by atoms with Crippen LogP contribution in [0, 0.1) is 0 Å². The van der Waals surface area contributed by atoms with Crippen molar-refractivity contribution < 1.29 is 47.4 Å². The van der Waals surface area contributed by atoms with Crippen molar-refractivity contribution in [1.29, 1.82) is 0 Å². The maximum Gasteiger partial charge on any atom is 0.472 e. The fraction of sp³-hybridized carbons (Fsp3) is 0.724. The minimum Gasteiger partial charge on any atom is -0.493 e. The van der Waals surface area contributed by atoms with Crippen LogP contribution in [0.25, 0.3) is 0 Å². The average molecular weight is 602 g/mol. The molecule has 4 N–H and O–H groups in total. The van der Waals surface area contributed by atoms with E-state index in [9.17, 15) is 19.0 Å². The van der Waals surface area contributed by atoms with Gasteiger partial charge in [0.15, 0.2) is 0 Å². The Bertz CT molecular complexity index is 946. The van der Waals surface area contributed by atoms with Gasteiger partial charge in [0.2, 0.25) is 0 Å². The Kier molecular flexibility index (Phi) is 17.2. The topological polar surface area (TPSA) is 164 Å². The maximum atomic E-state index is 12.7. The van der Waals surface area contributed by atoms with Gasteiger partial charge in [0.25, 0.3) is 0 Å². The highest BCUT2D eigenvalue weighted by Gasteiger charge is 2.33. The molecular formula is C29H48NO10P. The molecule has 1 aromatic rings. The highest BCUT2D eigenvalue weighted by molar-refractivity contribution is 7.47. The Morgan fingerprint density at radius 1 is 1.07 bits per heavy atom. The molecule has 1 saturated heterocycles. The second-order valence-corrected chi connectivity index (χ2v) is 11.8. The number of aliphatic carboxylic acids is 1. The quantitative estimate of drug-likeness (QED) is 0.0913. The summed E-state index contributed by atoms with van der Waals surface area (Å²) < 4.78 is 38.9. The first-order valence-electron chi connectivity index (χ1n) is 14.8. The number of hydrogen-bond donors (Lipinski definition) is 3. The highest BCUT2D eigenvalue weighted by atomic mass is 31.2. The fourth-order valence-electron chi connectivity index (χ4n) is 4.46. The van der Waals surface area contributed by atoms with Gasteiger partial charge in [-0.25, -0.2) is 4.57 Å². The van der Waals surface area contributed by atoms with E-state index < -0.39 is 44.6 Å². The predicted molar refractivity (Wildman–Crippen MR) is 154 cm³/mol.